The molecule has 4 nitrogen and oxygen atoms in total. The van der Waals surface area contributed by atoms with Crippen LogP contribution in [0.15, 0.2) is 23.1 Å². The summed E-state index contributed by atoms with van der Waals surface area (Å²) in [4.78, 5) is 12.1. The minimum absolute atomic E-state index is 0.0791. The maximum absolute atomic E-state index is 12.1. The lowest BCUT2D eigenvalue weighted by Gasteiger charge is -2.10. The SMILES string of the molecule is Cc1cccc(S(=O)CCC(=O)NC(C)C)c1N. The molecule has 1 atom stereocenters. The molecule has 1 amide bonds. The van der Waals surface area contributed by atoms with Crippen LogP contribution < -0.4 is 11.1 Å². The van der Waals surface area contributed by atoms with E-state index in [0.29, 0.717) is 16.3 Å². The summed E-state index contributed by atoms with van der Waals surface area (Å²) in [6.45, 7) is 5.67. The van der Waals surface area contributed by atoms with E-state index in [1.165, 1.54) is 0 Å². The molecule has 0 saturated carbocycles. The number of hydrogen-bond acceptors (Lipinski definition) is 3. The van der Waals surface area contributed by atoms with Crippen LogP contribution in [0.25, 0.3) is 0 Å². The van der Waals surface area contributed by atoms with E-state index in [0.717, 1.165) is 5.56 Å². The van der Waals surface area contributed by atoms with Gasteiger partial charge < -0.3 is 11.1 Å². The first-order valence-corrected chi connectivity index (χ1v) is 7.26. The summed E-state index contributed by atoms with van der Waals surface area (Å²) < 4.78 is 12.1. The second-order valence-corrected chi connectivity index (χ2v) is 6.05. The molecule has 0 heterocycles. The zero-order chi connectivity index (χ0) is 13.7. The summed E-state index contributed by atoms with van der Waals surface area (Å²) in [5, 5.41) is 2.77. The average Bonchev–Trinajstić information content (AvgIpc) is 2.29. The fraction of sp³-hybridized carbons (Fsp3) is 0.462. The molecule has 0 aromatic heterocycles. The third-order valence-electron chi connectivity index (χ3n) is 2.49. The Hall–Kier alpha value is -1.36. The van der Waals surface area contributed by atoms with Crippen LogP contribution in [0.5, 0.6) is 0 Å². The minimum Gasteiger partial charge on any atom is -0.398 e. The average molecular weight is 268 g/mol. The standard InChI is InChI=1S/C13H20N2O2S/c1-9(2)15-12(16)7-8-18(17)11-6-4-5-10(3)13(11)14/h4-6,9H,7-8,14H2,1-3H3,(H,15,16). The molecule has 18 heavy (non-hydrogen) atoms. The number of nitrogens with one attached hydrogen (secondary N) is 1. The molecular weight excluding hydrogens is 248 g/mol. The van der Waals surface area contributed by atoms with Crippen LogP contribution in [-0.4, -0.2) is 21.9 Å². The van der Waals surface area contributed by atoms with Gasteiger partial charge >= 0.3 is 0 Å². The van der Waals surface area contributed by atoms with E-state index in [4.69, 9.17) is 5.73 Å². The number of amides is 1. The quantitative estimate of drug-likeness (QED) is 0.797. The van der Waals surface area contributed by atoms with Crippen LogP contribution >= 0.6 is 0 Å². The van der Waals surface area contributed by atoms with E-state index in [1.54, 1.807) is 6.07 Å². The van der Waals surface area contributed by atoms with Crippen molar-refractivity contribution in [1.82, 2.24) is 5.32 Å². The molecule has 1 aromatic rings. The Balaban J connectivity index is 2.61. The summed E-state index contributed by atoms with van der Waals surface area (Å²) in [6.07, 6.45) is 0.248. The Bertz CT molecular complexity index is 458. The van der Waals surface area contributed by atoms with E-state index in [1.807, 2.05) is 32.9 Å². The molecule has 0 fully saturated rings. The van der Waals surface area contributed by atoms with E-state index in [-0.39, 0.29) is 18.4 Å². The lowest BCUT2D eigenvalue weighted by Crippen LogP contribution is -2.30. The number of nitrogen functional groups attached to an aromatic ring is 1. The molecule has 0 bridgehead atoms. The summed E-state index contributed by atoms with van der Waals surface area (Å²) in [7, 11) is -1.23. The Morgan fingerprint density at radius 3 is 2.72 bits per heavy atom. The van der Waals surface area contributed by atoms with Crippen molar-refractivity contribution >= 4 is 22.4 Å². The van der Waals surface area contributed by atoms with Crippen LogP contribution in [0.2, 0.25) is 0 Å². The number of rotatable bonds is 5. The second kappa shape index (κ2) is 6.54. The number of para-hydroxylation sites is 1. The van der Waals surface area contributed by atoms with Gasteiger partial charge in [-0.1, -0.05) is 12.1 Å². The molecule has 0 aliphatic carbocycles. The third kappa shape index (κ3) is 4.14. The van der Waals surface area contributed by atoms with Gasteiger partial charge in [0.15, 0.2) is 0 Å². The highest BCUT2D eigenvalue weighted by atomic mass is 32.2. The zero-order valence-corrected chi connectivity index (χ0v) is 11.8. The van der Waals surface area contributed by atoms with Crippen molar-refractivity contribution in [3.63, 3.8) is 0 Å². The maximum atomic E-state index is 12.1. The third-order valence-corrected chi connectivity index (χ3v) is 3.92. The van der Waals surface area contributed by atoms with Crippen molar-refractivity contribution in [3.05, 3.63) is 23.8 Å². The van der Waals surface area contributed by atoms with E-state index in [2.05, 4.69) is 5.32 Å². The van der Waals surface area contributed by atoms with Crippen molar-refractivity contribution in [2.45, 2.75) is 38.1 Å². The zero-order valence-electron chi connectivity index (χ0n) is 11.0. The van der Waals surface area contributed by atoms with Gasteiger partial charge in [0.25, 0.3) is 0 Å². The first-order valence-electron chi connectivity index (χ1n) is 5.94. The number of carbonyl (C=O) groups excluding carboxylic acids is 1. The van der Waals surface area contributed by atoms with Gasteiger partial charge in [0, 0.05) is 18.2 Å². The fourth-order valence-electron chi connectivity index (χ4n) is 1.54. The molecule has 0 aliphatic rings. The maximum Gasteiger partial charge on any atom is 0.221 e. The summed E-state index contributed by atoms with van der Waals surface area (Å²) in [5.41, 5.74) is 7.34. The molecule has 0 aliphatic heterocycles. The number of aryl methyl sites for hydroxylation is 1. The topological polar surface area (TPSA) is 72.2 Å². The molecule has 1 unspecified atom stereocenters. The Morgan fingerprint density at radius 2 is 2.11 bits per heavy atom. The van der Waals surface area contributed by atoms with Gasteiger partial charge in [-0.15, -0.1) is 0 Å². The number of benzene rings is 1. The highest BCUT2D eigenvalue weighted by molar-refractivity contribution is 7.85. The monoisotopic (exact) mass is 268 g/mol. The van der Waals surface area contributed by atoms with Crippen LogP contribution in [0, 0.1) is 6.92 Å². The molecule has 0 spiro atoms. The fourth-order valence-corrected chi connectivity index (χ4v) is 2.77. The number of carbonyl (C=O) groups is 1. The van der Waals surface area contributed by atoms with Gasteiger partial charge in [-0.25, -0.2) is 0 Å². The summed E-state index contributed by atoms with van der Waals surface area (Å²) in [6, 6.07) is 5.56. The van der Waals surface area contributed by atoms with Crippen molar-refractivity contribution in [1.29, 1.82) is 0 Å². The Morgan fingerprint density at radius 1 is 1.44 bits per heavy atom. The summed E-state index contributed by atoms with van der Waals surface area (Å²) >= 11 is 0. The van der Waals surface area contributed by atoms with Crippen molar-refractivity contribution in [2.75, 3.05) is 11.5 Å². The number of nitrogens with two attached hydrogens (primary N) is 1. The van der Waals surface area contributed by atoms with E-state index >= 15 is 0 Å². The van der Waals surface area contributed by atoms with Crippen LogP contribution in [0.3, 0.4) is 0 Å². The van der Waals surface area contributed by atoms with Crippen LogP contribution in [0.4, 0.5) is 5.69 Å². The highest BCUT2D eigenvalue weighted by Crippen LogP contribution is 2.20. The predicted molar refractivity (Wildman–Crippen MR) is 74.8 cm³/mol. The molecule has 1 rings (SSSR count). The Kier molecular flexibility index (Phi) is 5.34. The van der Waals surface area contributed by atoms with Gasteiger partial charge in [-0.05, 0) is 32.4 Å². The van der Waals surface area contributed by atoms with E-state index < -0.39 is 10.8 Å². The molecule has 0 saturated heterocycles. The Labute approximate surface area is 110 Å². The van der Waals surface area contributed by atoms with Crippen LogP contribution in [-0.2, 0) is 15.6 Å². The molecule has 0 radical (unpaired) electrons. The van der Waals surface area contributed by atoms with Crippen molar-refractivity contribution in [3.8, 4) is 0 Å². The summed E-state index contributed by atoms with van der Waals surface area (Å²) in [5.74, 6) is 0.219. The van der Waals surface area contributed by atoms with Gasteiger partial charge in [0.1, 0.15) is 0 Å². The molecule has 3 N–H and O–H groups in total. The first-order chi connectivity index (χ1) is 8.41. The molecular formula is C13H20N2O2S. The van der Waals surface area contributed by atoms with E-state index in [9.17, 15) is 9.00 Å². The van der Waals surface area contributed by atoms with Crippen molar-refractivity contribution < 1.29 is 9.00 Å². The molecule has 100 valence electrons. The van der Waals surface area contributed by atoms with Gasteiger partial charge in [0.2, 0.25) is 5.91 Å². The van der Waals surface area contributed by atoms with Crippen LogP contribution in [0.1, 0.15) is 25.8 Å². The highest BCUT2D eigenvalue weighted by Gasteiger charge is 2.11. The predicted octanol–water partition coefficient (Wildman–Crippen LogP) is 1.60. The van der Waals surface area contributed by atoms with Crippen molar-refractivity contribution in [2.24, 2.45) is 0 Å². The smallest absolute Gasteiger partial charge is 0.221 e. The molecule has 5 heteroatoms. The second-order valence-electron chi connectivity index (χ2n) is 4.51. The minimum atomic E-state index is -1.23. The number of anilines is 1. The normalized spacial score (nSPS) is 12.4. The number of hydrogen-bond donors (Lipinski definition) is 2. The van der Waals surface area contributed by atoms with Gasteiger partial charge in [-0.3, -0.25) is 9.00 Å². The lowest BCUT2D eigenvalue weighted by molar-refractivity contribution is -0.121. The van der Waals surface area contributed by atoms with Gasteiger partial charge in [0.05, 0.1) is 21.4 Å². The molecule has 1 aromatic carbocycles. The largest absolute Gasteiger partial charge is 0.398 e. The van der Waals surface area contributed by atoms with Gasteiger partial charge in [-0.2, -0.15) is 0 Å². The first kappa shape index (κ1) is 14.7. The lowest BCUT2D eigenvalue weighted by atomic mass is 10.2.